The van der Waals surface area contributed by atoms with Gasteiger partial charge in [-0.25, -0.2) is 14.8 Å². The van der Waals surface area contributed by atoms with Crippen molar-refractivity contribution >= 4 is 17.1 Å². The van der Waals surface area contributed by atoms with E-state index in [2.05, 4.69) is 57.7 Å². The maximum absolute atomic E-state index is 13.6. The van der Waals surface area contributed by atoms with Crippen LogP contribution in [0.1, 0.15) is 63.3 Å². The van der Waals surface area contributed by atoms with Crippen LogP contribution in [0.2, 0.25) is 0 Å². The Labute approximate surface area is 201 Å². The fraction of sp³-hybridized carbons (Fsp3) is 0.556. The number of aromatic amines is 1. The number of carbonyl (C=O) groups excluding carboxylic acids is 1. The zero-order chi connectivity index (χ0) is 23.7. The SMILES string of the molecule is Cc1cnc(-c2nc3cc4c(cc3[nH]2)C[C@H]2N(C(=O)N3CCCCC3)CC[C@]4(C)C2(C)C)cn1. The third-order valence-electron chi connectivity index (χ3n) is 9.09. The van der Waals surface area contributed by atoms with Crippen molar-refractivity contribution in [3.63, 3.8) is 0 Å². The summed E-state index contributed by atoms with van der Waals surface area (Å²) < 4.78 is 0. The summed E-state index contributed by atoms with van der Waals surface area (Å²) in [6.45, 7) is 11.7. The van der Waals surface area contributed by atoms with Crippen LogP contribution in [-0.2, 0) is 11.8 Å². The van der Waals surface area contributed by atoms with E-state index in [1.54, 1.807) is 12.4 Å². The molecule has 1 aliphatic carbocycles. The number of aromatic nitrogens is 4. The van der Waals surface area contributed by atoms with Gasteiger partial charge < -0.3 is 14.8 Å². The molecule has 34 heavy (non-hydrogen) atoms. The monoisotopic (exact) mass is 458 g/mol. The van der Waals surface area contributed by atoms with Gasteiger partial charge in [0.25, 0.3) is 0 Å². The van der Waals surface area contributed by atoms with Gasteiger partial charge in [-0.2, -0.15) is 0 Å². The van der Waals surface area contributed by atoms with Gasteiger partial charge in [0.1, 0.15) is 5.69 Å². The van der Waals surface area contributed by atoms with Gasteiger partial charge in [-0.05, 0) is 67.7 Å². The minimum absolute atomic E-state index is 0.0130. The summed E-state index contributed by atoms with van der Waals surface area (Å²) in [5, 5.41) is 0. The van der Waals surface area contributed by atoms with Gasteiger partial charge in [-0.1, -0.05) is 20.8 Å². The number of piperidine rings is 2. The molecule has 2 aliphatic heterocycles. The first-order chi connectivity index (χ1) is 16.3. The highest BCUT2D eigenvalue weighted by Crippen LogP contribution is 2.56. The maximum Gasteiger partial charge on any atom is 0.320 e. The Kier molecular flexibility index (Phi) is 4.77. The second kappa shape index (κ2) is 7.52. The van der Waals surface area contributed by atoms with E-state index in [0.29, 0.717) is 0 Å². The highest BCUT2D eigenvalue weighted by molar-refractivity contribution is 5.82. The number of carbonyl (C=O) groups is 1. The minimum atomic E-state index is -0.0288. The van der Waals surface area contributed by atoms with Crippen LogP contribution >= 0.6 is 0 Å². The van der Waals surface area contributed by atoms with E-state index in [1.165, 1.54) is 17.5 Å². The summed E-state index contributed by atoms with van der Waals surface area (Å²) in [7, 11) is 0. The molecule has 2 atom stereocenters. The third kappa shape index (κ3) is 3.08. The predicted molar refractivity (Wildman–Crippen MR) is 133 cm³/mol. The number of nitrogens with zero attached hydrogens (tertiary/aromatic N) is 5. The van der Waals surface area contributed by atoms with E-state index < -0.39 is 0 Å². The average molecular weight is 459 g/mol. The van der Waals surface area contributed by atoms with Crippen molar-refractivity contribution in [2.24, 2.45) is 5.41 Å². The molecular weight excluding hydrogens is 424 g/mol. The molecule has 0 radical (unpaired) electrons. The average Bonchev–Trinajstić information content (AvgIpc) is 3.24. The lowest BCUT2D eigenvalue weighted by atomic mass is 9.51. The molecule has 7 heteroatoms. The van der Waals surface area contributed by atoms with Gasteiger partial charge in [-0.15, -0.1) is 0 Å². The first kappa shape index (κ1) is 21.6. The van der Waals surface area contributed by atoms with Gasteiger partial charge in [0, 0.05) is 37.3 Å². The molecule has 178 valence electrons. The number of urea groups is 1. The molecule has 6 rings (SSSR count). The van der Waals surface area contributed by atoms with Crippen LogP contribution < -0.4 is 0 Å². The second-order valence-electron chi connectivity index (χ2n) is 11.2. The maximum atomic E-state index is 13.6. The first-order valence-corrected chi connectivity index (χ1v) is 12.7. The molecule has 1 aromatic carbocycles. The van der Waals surface area contributed by atoms with E-state index in [4.69, 9.17) is 4.98 Å². The van der Waals surface area contributed by atoms with Gasteiger partial charge in [0.05, 0.1) is 22.9 Å². The van der Waals surface area contributed by atoms with Crippen LogP contribution in [0, 0.1) is 12.3 Å². The number of likely N-dealkylation sites (tertiary alicyclic amines) is 2. The molecular formula is C27H34N6O. The van der Waals surface area contributed by atoms with Crippen molar-refractivity contribution in [2.75, 3.05) is 19.6 Å². The highest BCUT2D eigenvalue weighted by atomic mass is 16.2. The number of aryl methyl sites for hydroxylation is 1. The first-order valence-electron chi connectivity index (χ1n) is 12.7. The Balaban J connectivity index is 1.40. The van der Waals surface area contributed by atoms with E-state index >= 15 is 0 Å². The van der Waals surface area contributed by atoms with Crippen molar-refractivity contribution in [3.05, 3.63) is 41.3 Å². The number of imidazole rings is 1. The van der Waals surface area contributed by atoms with E-state index in [-0.39, 0.29) is 22.9 Å². The predicted octanol–water partition coefficient (Wildman–Crippen LogP) is 4.85. The molecule has 0 unspecified atom stereocenters. The van der Waals surface area contributed by atoms with Crippen LogP contribution in [0.4, 0.5) is 4.79 Å². The summed E-state index contributed by atoms with van der Waals surface area (Å²) in [5.74, 6) is 0.749. The van der Waals surface area contributed by atoms with Crippen LogP contribution in [0.15, 0.2) is 24.5 Å². The summed E-state index contributed by atoms with van der Waals surface area (Å²) in [6, 6.07) is 4.98. The molecule has 4 heterocycles. The summed E-state index contributed by atoms with van der Waals surface area (Å²) in [4.78, 5) is 35.1. The molecule has 2 bridgehead atoms. The largest absolute Gasteiger partial charge is 0.337 e. The molecule has 0 spiro atoms. The minimum Gasteiger partial charge on any atom is -0.337 e. The van der Waals surface area contributed by atoms with Crippen LogP contribution in [-0.4, -0.2) is 61.4 Å². The molecule has 2 aromatic heterocycles. The van der Waals surface area contributed by atoms with Crippen molar-refractivity contribution in [1.82, 2.24) is 29.7 Å². The Hall–Kier alpha value is -2.96. The standard InChI is InChI=1S/C27H34N6O/c1-17-15-29-22(16-28-17)24-30-20-12-18-13-23-26(2,3)27(4,19(18)14-21(20)31-24)8-11-33(23)25(34)32-9-6-5-7-10-32/h12,14-16,23H,5-11,13H2,1-4H3,(H,30,31)/t23-,27+/m1/s1. The molecule has 2 saturated heterocycles. The van der Waals surface area contributed by atoms with Crippen molar-refractivity contribution in [3.8, 4) is 11.5 Å². The summed E-state index contributed by atoms with van der Waals surface area (Å²) in [6.07, 6.45) is 8.88. The van der Waals surface area contributed by atoms with Gasteiger partial charge in [-0.3, -0.25) is 4.98 Å². The van der Waals surface area contributed by atoms with Crippen molar-refractivity contribution in [2.45, 2.75) is 71.3 Å². The number of amides is 2. The number of hydrogen-bond donors (Lipinski definition) is 1. The molecule has 1 N–H and O–H groups in total. The van der Waals surface area contributed by atoms with Gasteiger partial charge in [0.15, 0.2) is 5.82 Å². The normalized spacial score (nSPS) is 25.9. The lowest BCUT2D eigenvalue weighted by Crippen LogP contribution is -2.66. The van der Waals surface area contributed by atoms with Crippen LogP contribution in [0.25, 0.3) is 22.6 Å². The fourth-order valence-corrected chi connectivity index (χ4v) is 6.55. The number of hydrogen-bond acceptors (Lipinski definition) is 4. The molecule has 3 aliphatic rings. The Morgan fingerprint density at radius 3 is 2.59 bits per heavy atom. The topological polar surface area (TPSA) is 78.0 Å². The molecule has 3 aromatic rings. The number of benzene rings is 1. The van der Waals surface area contributed by atoms with Crippen molar-refractivity contribution in [1.29, 1.82) is 0 Å². The van der Waals surface area contributed by atoms with E-state index in [1.807, 2.05) is 6.92 Å². The second-order valence-corrected chi connectivity index (χ2v) is 11.2. The third-order valence-corrected chi connectivity index (χ3v) is 9.09. The molecule has 2 fully saturated rings. The quantitative estimate of drug-likeness (QED) is 0.566. The molecule has 7 nitrogen and oxygen atoms in total. The molecule has 0 saturated carbocycles. The van der Waals surface area contributed by atoms with Crippen LogP contribution in [0.5, 0.6) is 0 Å². The smallest absolute Gasteiger partial charge is 0.320 e. The zero-order valence-electron chi connectivity index (χ0n) is 20.7. The van der Waals surface area contributed by atoms with Crippen molar-refractivity contribution < 1.29 is 4.79 Å². The lowest BCUT2D eigenvalue weighted by Gasteiger charge is -2.61. The summed E-state index contributed by atoms with van der Waals surface area (Å²) in [5.41, 5.74) is 6.31. The van der Waals surface area contributed by atoms with Gasteiger partial charge >= 0.3 is 6.03 Å². The Morgan fingerprint density at radius 1 is 1.06 bits per heavy atom. The van der Waals surface area contributed by atoms with Gasteiger partial charge in [0.2, 0.25) is 0 Å². The number of fused-ring (bicyclic) bond motifs is 5. The number of nitrogens with one attached hydrogen (secondary N) is 1. The lowest BCUT2D eigenvalue weighted by molar-refractivity contribution is -0.0241. The Morgan fingerprint density at radius 2 is 1.85 bits per heavy atom. The molecule has 2 amide bonds. The zero-order valence-corrected chi connectivity index (χ0v) is 20.7. The number of H-pyrrole nitrogens is 1. The summed E-state index contributed by atoms with van der Waals surface area (Å²) >= 11 is 0. The van der Waals surface area contributed by atoms with E-state index in [0.717, 1.165) is 73.6 Å². The fourth-order valence-electron chi connectivity index (χ4n) is 6.55. The van der Waals surface area contributed by atoms with Crippen LogP contribution in [0.3, 0.4) is 0 Å². The number of rotatable bonds is 1. The highest BCUT2D eigenvalue weighted by Gasteiger charge is 2.57. The Bertz CT molecular complexity index is 1260. The van der Waals surface area contributed by atoms with E-state index in [9.17, 15) is 4.79 Å².